The molecule has 1 aromatic heterocycles. The predicted octanol–water partition coefficient (Wildman–Crippen LogP) is 2.54. The maximum Gasteiger partial charge on any atom is 0.255 e. The average molecular weight is 281 g/mol. The molecule has 19 heavy (non-hydrogen) atoms. The highest BCUT2D eigenvalue weighted by Gasteiger charge is 2.20. The summed E-state index contributed by atoms with van der Waals surface area (Å²) in [5.41, 5.74) is 0.389. The lowest BCUT2D eigenvalue weighted by atomic mass is 10.1. The molecule has 1 N–H and O–H groups in total. The smallest absolute Gasteiger partial charge is 0.255 e. The number of carbonyl (C=O) groups is 1. The number of nitrogens with one attached hydrogen (secondary N) is 1. The van der Waals surface area contributed by atoms with Gasteiger partial charge in [0.1, 0.15) is 5.82 Å². The molecule has 1 unspecified atom stereocenters. The van der Waals surface area contributed by atoms with Crippen LogP contribution in [0.2, 0.25) is 5.02 Å². The van der Waals surface area contributed by atoms with Gasteiger partial charge in [-0.15, -0.1) is 0 Å². The lowest BCUT2D eigenvalue weighted by Gasteiger charge is -2.23. The monoisotopic (exact) mass is 280 g/mol. The first kappa shape index (κ1) is 15.3. The molecule has 0 aliphatic heterocycles. The number of nitriles is 1. The summed E-state index contributed by atoms with van der Waals surface area (Å²) in [4.78, 5) is 17.9. The molecule has 1 aromatic rings. The van der Waals surface area contributed by atoms with Crippen molar-refractivity contribution < 1.29 is 4.79 Å². The topological polar surface area (TPSA) is 69.0 Å². The highest BCUT2D eigenvalue weighted by atomic mass is 35.5. The van der Waals surface area contributed by atoms with Crippen LogP contribution in [0.1, 0.15) is 30.6 Å². The van der Waals surface area contributed by atoms with Crippen LogP contribution in [0.25, 0.3) is 0 Å². The van der Waals surface area contributed by atoms with Crippen molar-refractivity contribution in [3.63, 3.8) is 0 Å². The van der Waals surface area contributed by atoms with Crippen molar-refractivity contribution in [3.05, 3.63) is 22.8 Å². The molecule has 1 atom stereocenters. The molecule has 0 spiro atoms. The zero-order chi connectivity index (χ0) is 14.4. The number of aromatic nitrogens is 1. The first-order valence-electron chi connectivity index (χ1n) is 6.04. The van der Waals surface area contributed by atoms with Gasteiger partial charge < -0.3 is 10.2 Å². The number of nitrogens with zero attached hydrogens (tertiary/aromatic N) is 3. The van der Waals surface area contributed by atoms with Gasteiger partial charge in [0.2, 0.25) is 0 Å². The van der Waals surface area contributed by atoms with Crippen molar-refractivity contribution in [2.24, 2.45) is 0 Å². The zero-order valence-electron chi connectivity index (χ0n) is 11.3. The minimum absolute atomic E-state index is 0.163. The highest BCUT2D eigenvalue weighted by Crippen LogP contribution is 2.20. The summed E-state index contributed by atoms with van der Waals surface area (Å²) in [5, 5.41) is 12.0. The van der Waals surface area contributed by atoms with Crippen molar-refractivity contribution in [1.29, 1.82) is 5.26 Å². The molecule has 0 bridgehead atoms. The van der Waals surface area contributed by atoms with Gasteiger partial charge in [0.15, 0.2) is 0 Å². The molecule has 0 aliphatic rings. The van der Waals surface area contributed by atoms with E-state index in [-0.39, 0.29) is 18.4 Å². The van der Waals surface area contributed by atoms with E-state index in [0.29, 0.717) is 22.9 Å². The van der Waals surface area contributed by atoms with Gasteiger partial charge in [-0.25, -0.2) is 4.98 Å². The second kappa shape index (κ2) is 6.95. The van der Waals surface area contributed by atoms with Gasteiger partial charge in [0.05, 0.1) is 23.1 Å². The highest BCUT2D eigenvalue weighted by molar-refractivity contribution is 6.33. The Morgan fingerprint density at radius 1 is 1.68 bits per heavy atom. The van der Waals surface area contributed by atoms with Crippen molar-refractivity contribution in [2.45, 2.75) is 26.3 Å². The third kappa shape index (κ3) is 3.83. The maximum absolute atomic E-state index is 12.3. The lowest BCUT2D eigenvalue weighted by Crippen LogP contribution is -2.35. The molecule has 5 nitrogen and oxygen atoms in total. The summed E-state index contributed by atoms with van der Waals surface area (Å²) in [7, 11) is 1.66. The van der Waals surface area contributed by atoms with E-state index in [4.69, 9.17) is 16.9 Å². The first-order valence-corrected chi connectivity index (χ1v) is 6.42. The minimum Gasteiger partial charge on any atom is -0.370 e. The molecule has 0 aliphatic carbocycles. The largest absolute Gasteiger partial charge is 0.370 e. The number of halogens is 1. The number of amides is 1. The van der Waals surface area contributed by atoms with E-state index in [1.54, 1.807) is 13.1 Å². The van der Waals surface area contributed by atoms with Crippen molar-refractivity contribution >= 4 is 23.3 Å². The molecule has 0 fully saturated rings. The van der Waals surface area contributed by atoms with E-state index in [9.17, 15) is 4.79 Å². The third-order valence-electron chi connectivity index (χ3n) is 2.81. The van der Waals surface area contributed by atoms with Crippen LogP contribution in [0.15, 0.2) is 12.3 Å². The van der Waals surface area contributed by atoms with Crippen molar-refractivity contribution in [1.82, 2.24) is 9.88 Å². The Hall–Kier alpha value is -1.80. The van der Waals surface area contributed by atoms with E-state index in [1.165, 1.54) is 11.1 Å². The Balaban J connectivity index is 2.98. The Kier molecular flexibility index (Phi) is 5.58. The van der Waals surface area contributed by atoms with E-state index in [1.807, 2.05) is 19.9 Å². The number of pyridine rings is 1. The predicted molar refractivity (Wildman–Crippen MR) is 75.2 cm³/mol. The summed E-state index contributed by atoms with van der Waals surface area (Å²) < 4.78 is 0. The van der Waals surface area contributed by atoms with Crippen LogP contribution in [0.3, 0.4) is 0 Å². The molecule has 1 heterocycles. The number of carbonyl (C=O) groups excluding carboxylic acids is 1. The van der Waals surface area contributed by atoms with E-state index in [2.05, 4.69) is 10.3 Å². The first-order chi connectivity index (χ1) is 9.01. The Labute approximate surface area is 118 Å². The van der Waals surface area contributed by atoms with Crippen LogP contribution in [-0.2, 0) is 0 Å². The molecule has 0 radical (unpaired) electrons. The molecule has 1 amide bonds. The van der Waals surface area contributed by atoms with Crippen LogP contribution < -0.4 is 5.32 Å². The van der Waals surface area contributed by atoms with Crippen LogP contribution in [0.5, 0.6) is 0 Å². The number of hydrogen-bond acceptors (Lipinski definition) is 4. The Bertz CT molecular complexity index is 498. The van der Waals surface area contributed by atoms with Gasteiger partial charge in [0.25, 0.3) is 5.91 Å². The summed E-state index contributed by atoms with van der Waals surface area (Å²) in [6.07, 6.45) is 1.74. The van der Waals surface area contributed by atoms with Gasteiger partial charge in [-0.1, -0.05) is 11.6 Å². The summed E-state index contributed by atoms with van der Waals surface area (Å²) in [6, 6.07) is 3.52. The van der Waals surface area contributed by atoms with Gasteiger partial charge in [-0.2, -0.15) is 5.26 Å². The fraction of sp³-hybridized carbons (Fsp3) is 0.462. The van der Waals surface area contributed by atoms with Gasteiger partial charge >= 0.3 is 0 Å². The van der Waals surface area contributed by atoms with E-state index >= 15 is 0 Å². The van der Waals surface area contributed by atoms with Crippen LogP contribution in [0, 0.1) is 11.3 Å². The summed E-state index contributed by atoms with van der Waals surface area (Å²) >= 11 is 6.01. The van der Waals surface area contributed by atoms with Crippen molar-refractivity contribution in [2.75, 3.05) is 18.9 Å². The van der Waals surface area contributed by atoms with Gasteiger partial charge in [-0.3, -0.25) is 4.79 Å². The summed E-state index contributed by atoms with van der Waals surface area (Å²) in [5.74, 6) is 0.394. The number of rotatable bonds is 5. The summed E-state index contributed by atoms with van der Waals surface area (Å²) in [6.45, 7) is 4.48. The Morgan fingerprint density at radius 3 is 2.95 bits per heavy atom. The number of hydrogen-bond donors (Lipinski definition) is 1. The van der Waals surface area contributed by atoms with Crippen molar-refractivity contribution in [3.8, 4) is 6.07 Å². The fourth-order valence-corrected chi connectivity index (χ4v) is 1.72. The SMILES string of the molecule is CCNc1cc(C(=O)N(C)C(C)CC#N)c(Cl)cn1. The van der Waals surface area contributed by atoms with Crippen LogP contribution in [-0.4, -0.2) is 35.4 Å². The van der Waals surface area contributed by atoms with Gasteiger partial charge in [-0.05, 0) is 19.9 Å². The molecule has 102 valence electrons. The van der Waals surface area contributed by atoms with Crippen LogP contribution in [0.4, 0.5) is 5.82 Å². The standard InChI is InChI=1S/C13H17ClN4O/c1-4-16-12-7-10(11(14)8-17-12)13(19)18(3)9(2)5-6-15/h7-9H,4-5H2,1-3H3,(H,16,17). The second-order valence-electron chi connectivity index (χ2n) is 4.21. The van der Waals surface area contributed by atoms with Crippen LogP contribution >= 0.6 is 11.6 Å². The zero-order valence-corrected chi connectivity index (χ0v) is 12.0. The molecule has 0 saturated heterocycles. The third-order valence-corrected chi connectivity index (χ3v) is 3.11. The Morgan fingerprint density at radius 2 is 2.37 bits per heavy atom. The molecular formula is C13H17ClN4O. The second-order valence-corrected chi connectivity index (χ2v) is 4.61. The molecule has 1 rings (SSSR count). The molecule has 0 aromatic carbocycles. The lowest BCUT2D eigenvalue weighted by molar-refractivity contribution is 0.0746. The minimum atomic E-state index is -0.214. The molecule has 0 saturated carbocycles. The average Bonchev–Trinajstić information content (AvgIpc) is 2.40. The molecule has 6 heteroatoms. The maximum atomic E-state index is 12.3. The molecular weight excluding hydrogens is 264 g/mol. The normalized spacial score (nSPS) is 11.5. The van der Waals surface area contributed by atoms with E-state index in [0.717, 1.165) is 0 Å². The van der Waals surface area contributed by atoms with E-state index < -0.39 is 0 Å². The quantitative estimate of drug-likeness (QED) is 0.900. The van der Waals surface area contributed by atoms with Gasteiger partial charge in [0, 0.05) is 25.8 Å². The number of anilines is 1. The fourth-order valence-electron chi connectivity index (χ4n) is 1.54.